The summed E-state index contributed by atoms with van der Waals surface area (Å²) in [4.78, 5) is 11.9. The predicted molar refractivity (Wildman–Crippen MR) is 77.5 cm³/mol. The summed E-state index contributed by atoms with van der Waals surface area (Å²) in [7, 11) is 0. The molecule has 0 radical (unpaired) electrons. The van der Waals surface area contributed by atoms with E-state index in [1.165, 1.54) is 36.2 Å². The molecule has 3 rings (SSSR count). The summed E-state index contributed by atoms with van der Waals surface area (Å²) in [6, 6.07) is 2.12. The number of aromatic nitrogens is 2. The van der Waals surface area contributed by atoms with E-state index >= 15 is 0 Å². The van der Waals surface area contributed by atoms with E-state index in [-0.39, 0.29) is 0 Å². The number of fused-ring (bicyclic) bond motifs is 1. The molecule has 1 aliphatic rings. The van der Waals surface area contributed by atoms with Gasteiger partial charge in [0.1, 0.15) is 11.6 Å². The van der Waals surface area contributed by atoms with Gasteiger partial charge in [-0.2, -0.15) is 0 Å². The number of unbranched alkanes of at least 4 members (excludes halogenated alkanes) is 1. The van der Waals surface area contributed by atoms with Crippen molar-refractivity contribution in [2.45, 2.75) is 39.0 Å². The minimum absolute atomic E-state index is 1.00. The standard InChI is InChI=1S/C14H19N3S/c1-2-3-6-12-15-11-7-10-18-13(11)14(16-12)17-8-4-5-9-17/h7,10H,2-6,8-9H2,1H3. The van der Waals surface area contributed by atoms with Crippen LogP contribution in [0, 0.1) is 0 Å². The molecule has 0 aromatic carbocycles. The third kappa shape index (κ3) is 2.21. The van der Waals surface area contributed by atoms with Gasteiger partial charge in [-0.15, -0.1) is 11.3 Å². The van der Waals surface area contributed by atoms with Gasteiger partial charge in [-0.3, -0.25) is 0 Å². The number of rotatable bonds is 4. The van der Waals surface area contributed by atoms with Crippen molar-refractivity contribution in [1.82, 2.24) is 9.97 Å². The molecular weight excluding hydrogens is 242 g/mol. The van der Waals surface area contributed by atoms with Gasteiger partial charge < -0.3 is 4.90 Å². The average molecular weight is 261 g/mol. The molecule has 0 spiro atoms. The second kappa shape index (κ2) is 5.22. The Kier molecular flexibility index (Phi) is 3.46. The Hall–Kier alpha value is -1.16. The van der Waals surface area contributed by atoms with E-state index < -0.39 is 0 Å². The minimum Gasteiger partial charge on any atom is -0.355 e. The van der Waals surface area contributed by atoms with Crippen molar-refractivity contribution < 1.29 is 0 Å². The molecule has 3 heterocycles. The number of anilines is 1. The first-order valence-corrected chi connectivity index (χ1v) is 7.75. The zero-order valence-electron chi connectivity index (χ0n) is 10.9. The van der Waals surface area contributed by atoms with Crippen molar-refractivity contribution >= 4 is 27.4 Å². The third-order valence-corrected chi connectivity index (χ3v) is 4.39. The van der Waals surface area contributed by atoms with E-state index in [9.17, 15) is 0 Å². The highest BCUT2D eigenvalue weighted by molar-refractivity contribution is 7.17. The molecule has 0 bridgehead atoms. The van der Waals surface area contributed by atoms with Crippen LogP contribution < -0.4 is 4.90 Å². The number of hydrogen-bond donors (Lipinski definition) is 0. The quantitative estimate of drug-likeness (QED) is 0.841. The van der Waals surface area contributed by atoms with Crippen LogP contribution in [0.2, 0.25) is 0 Å². The number of aryl methyl sites for hydroxylation is 1. The van der Waals surface area contributed by atoms with Gasteiger partial charge in [0.05, 0.1) is 10.2 Å². The molecule has 3 nitrogen and oxygen atoms in total. The number of thiophene rings is 1. The van der Waals surface area contributed by atoms with Crippen LogP contribution in [-0.4, -0.2) is 23.1 Å². The van der Waals surface area contributed by atoms with Crippen molar-refractivity contribution in [3.05, 3.63) is 17.3 Å². The molecule has 1 fully saturated rings. The van der Waals surface area contributed by atoms with E-state index in [1.807, 2.05) is 0 Å². The van der Waals surface area contributed by atoms with Crippen LogP contribution in [0.1, 0.15) is 38.4 Å². The second-order valence-electron chi connectivity index (χ2n) is 4.90. The highest BCUT2D eigenvalue weighted by atomic mass is 32.1. The molecule has 2 aromatic heterocycles. The molecule has 4 heteroatoms. The summed E-state index contributed by atoms with van der Waals surface area (Å²) in [5, 5.41) is 2.13. The van der Waals surface area contributed by atoms with Crippen molar-refractivity contribution in [3.63, 3.8) is 0 Å². The smallest absolute Gasteiger partial charge is 0.150 e. The Balaban J connectivity index is 2.00. The van der Waals surface area contributed by atoms with Crippen LogP contribution in [0.5, 0.6) is 0 Å². The molecule has 2 aromatic rings. The SMILES string of the molecule is CCCCc1nc(N2CCCC2)c2sccc2n1. The fourth-order valence-corrected chi connectivity index (χ4v) is 3.33. The summed E-state index contributed by atoms with van der Waals surface area (Å²) in [6.45, 7) is 4.51. The predicted octanol–water partition coefficient (Wildman–Crippen LogP) is 3.63. The van der Waals surface area contributed by atoms with Gasteiger partial charge in [0, 0.05) is 19.5 Å². The molecule has 1 aliphatic heterocycles. The molecule has 0 amide bonds. The van der Waals surface area contributed by atoms with Gasteiger partial charge >= 0.3 is 0 Å². The number of hydrogen-bond acceptors (Lipinski definition) is 4. The molecule has 0 N–H and O–H groups in total. The molecule has 18 heavy (non-hydrogen) atoms. The molecule has 1 saturated heterocycles. The fraction of sp³-hybridized carbons (Fsp3) is 0.571. The van der Waals surface area contributed by atoms with E-state index in [0.29, 0.717) is 0 Å². The van der Waals surface area contributed by atoms with Crippen molar-refractivity contribution in [3.8, 4) is 0 Å². The fourth-order valence-electron chi connectivity index (χ4n) is 2.48. The van der Waals surface area contributed by atoms with Crippen molar-refractivity contribution in [1.29, 1.82) is 0 Å². The van der Waals surface area contributed by atoms with Crippen LogP contribution in [0.4, 0.5) is 5.82 Å². The largest absolute Gasteiger partial charge is 0.355 e. The zero-order chi connectivity index (χ0) is 12.4. The third-order valence-electron chi connectivity index (χ3n) is 3.49. The maximum absolute atomic E-state index is 4.82. The van der Waals surface area contributed by atoms with E-state index in [2.05, 4.69) is 28.3 Å². The van der Waals surface area contributed by atoms with E-state index in [0.717, 1.165) is 30.9 Å². The Labute approximate surface area is 112 Å². The van der Waals surface area contributed by atoms with Crippen LogP contribution >= 0.6 is 11.3 Å². The number of nitrogens with zero attached hydrogens (tertiary/aromatic N) is 3. The van der Waals surface area contributed by atoms with Gasteiger partial charge in [-0.25, -0.2) is 9.97 Å². The van der Waals surface area contributed by atoms with Gasteiger partial charge in [0.15, 0.2) is 0 Å². The molecule has 0 aliphatic carbocycles. The van der Waals surface area contributed by atoms with Crippen LogP contribution in [0.3, 0.4) is 0 Å². The molecule has 0 saturated carbocycles. The molecule has 0 unspecified atom stereocenters. The highest BCUT2D eigenvalue weighted by Crippen LogP contribution is 2.31. The molecule has 96 valence electrons. The second-order valence-corrected chi connectivity index (χ2v) is 5.81. The lowest BCUT2D eigenvalue weighted by atomic mass is 10.2. The van der Waals surface area contributed by atoms with Gasteiger partial charge in [0.25, 0.3) is 0 Å². The lowest BCUT2D eigenvalue weighted by molar-refractivity contribution is 0.753. The van der Waals surface area contributed by atoms with Gasteiger partial charge in [-0.05, 0) is 30.7 Å². The van der Waals surface area contributed by atoms with E-state index in [4.69, 9.17) is 4.98 Å². The summed E-state index contributed by atoms with van der Waals surface area (Å²) >= 11 is 1.77. The first kappa shape index (κ1) is 11.9. The molecule has 0 atom stereocenters. The van der Waals surface area contributed by atoms with Gasteiger partial charge in [-0.1, -0.05) is 13.3 Å². The lowest BCUT2D eigenvalue weighted by Gasteiger charge is -2.17. The Bertz CT molecular complexity index is 529. The summed E-state index contributed by atoms with van der Waals surface area (Å²) in [5.41, 5.74) is 1.13. The van der Waals surface area contributed by atoms with Crippen molar-refractivity contribution in [2.24, 2.45) is 0 Å². The summed E-state index contributed by atoms with van der Waals surface area (Å²) < 4.78 is 1.26. The highest BCUT2D eigenvalue weighted by Gasteiger charge is 2.18. The van der Waals surface area contributed by atoms with Crippen LogP contribution in [0.15, 0.2) is 11.4 Å². The van der Waals surface area contributed by atoms with Gasteiger partial charge in [0.2, 0.25) is 0 Å². The Morgan fingerprint density at radius 2 is 2.11 bits per heavy atom. The minimum atomic E-state index is 1.00. The van der Waals surface area contributed by atoms with Crippen LogP contribution in [0.25, 0.3) is 10.2 Å². The first-order chi connectivity index (χ1) is 8.88. The zero-order valence-corrected chi connectivity index (χ0v) is 11.7. The maximum Gasteiger partial charge on any atom is 0.150 e. The Morgan fingerprint density at radius 3 is 2.89 bits per heavy atom. The lowest BCUT2D eigenvalue weighted by Crippen LogP contribution is -2.20. The topological polar surface area (TPSA) is 29.0 Å². The molecular formula is C14H19N3S. The summed E-state index contributed by atoms with van der Waals surface area (Å²) in [6.07, 6.45) is 5.96. The summed E-state index contributed by atoms with van der Waals surface area (Å²) in [5.74, 6) is 2.20. The van der Waals surface area contributed by atoms with E-state index in [1.54, 1.807) is 11.3 Å². The van der Waals surface area contributed by atoms with Crippen molar-refractivity contribution in [2.75, 3.05) is 18.0 Å². The average Bonchev–Trinajstić information content (AvgIpc) is 3.05. The Morgan fingerprint density at radius 1 is 1.28 bits per heavy atom. The first-order valence-electron chi connectivity index (χ1n) is 6.87. The monoisotopic (exact) mass is 261 g/mol. The normalized spacial score (nSPS) is 15.7. The maximum atomic E-state index is 4.82. The van der Waals surface area contributed by atoms with Crippen LogP contribution in [-0.2, 0) is 6.42 Å².